The van der Waals surface area contributed by atoms with Gasteiger partial charge >= 0.3 is 11.4 Å². The second kappa shape index (κ2) is 7.81. The minimum Gasteiger partial charge on any atom is -0.493 e. The van der Waals surface area contributed by atoms with Crippen LogP contribution in [0.15, 0.2) is 35.3 Å². The first-order valence-corrected chi connectivity index (χ1v) is 8.71. The maximum atomic E-state index is 11.9. The Kier molecular flexibility index (Phi) is 5.99. The van der Waals surface area contributed by atoms with Gasteiger partial charge in [-0.25, -0.2) is 0 Å². The second-order valence-corrected chi connectivity index (χ2v) is 6.64. The van der Waals surface area contributed by atoms with Gasteiger partial charge in [-0.05, 0) is 49.9 Å². The van der Waals surface area contributed by atoms with Crippen LogP contribution < -0.4 is 20.6 Å². The topological polar surface area (TPSA) is 113 Å². The number of rotatable bonds is 6. The molecule has 25 heavy (non-hydrogen) atoms. The van der Waals surface area contributed by atoms with Gasteiger partial charge in [-0.1, -0.05) is 0 Å². The molecule has 8 heteroatoms. The summed E-state index contributed by atoms with van der Waals surface area (Å²) < 4.78 is 32.1. The quantitative estimate of drug-likeness (QED) is 0.760. The minimum absolute atomic E-state index is 0. The van der Waals surface area contributed by atoms with E-state index < -0.39 is 11.4 Å². The summed E-state index contributed by atoms with van der Waals surface area (Å²) >= 11 is -2.40. The highest BCUT2D eigenvalue weighted by molar-refractivity contribution is 7.74. The van der Waals surface area contributed by atoms with Gasteiger partial charge in [-0.2, -0.15) is 4.21 Å². The molecule has 0 amide bonds. The van der Waals surface area contributed by atoms with Crippen LogP contribution in [0.4, 0.5) is 0 Å². The molecule has 1 unspecified atom stereocenters. The SMILES string of the molecule is Cc1cc(-c2cc(OS(=O)O)ccc2OCC2CC2)cn(C)c1=O.N. The third-order valence-corrected chi connectivity index (χ3v) is 4.30. The molecule has 1 fully saturated rings. The van der Waals surface area contributed by atoms with Crippen LogP contribution in [0.25, 0.3) is 11.1 Å². The molecule has 1 aromatic heterocycles. The van der Waals surface area contributed by atoms with Crippen molar-refractivity contribution in [2.45, 2.75) is 19.8 Å². The zero-order valence-corrected chi connectivity index (χ0v) is 15.0. The zero-order chi connectivity index (χ0) is 17.3. The van der Waals surface area contributed by atoms with E-state index in [9.17, 15) is 9.00 Å². The molecule has 1 aliphatic rings. The summed E-state index contributed by atoms with van der Waals surface area (Å²) in [6.07, 6.45) is 4.08. The maximum absolute atomic E-state index is 11.9. The molecule has 0 spiro atoms. The summed E-state index contributed by atoms with van der Waals surface area (Å²) in [6, 6.07) is 6.74. The first-order valence-electron chi connectivity index (χ1n) is 7.67. The molecular weight excluding hydrogens is 344 g/mol. The number of hydrogen-bond acceptors (Lipinski definition) is 5. The van der Waals surface area contributed by atoms with Crippen molar-refractivity contribution in [1.29, 1.82) is 0 Å². The molecule has 4 N–H and O–H groups in total. The number of aryl methyl sites for hydroxylation is 2. The number of pyridine rings is 1. The fraction of sp³-hybridized carbons (Fsp3) is 0.353. The van der Waals surface area contributed by atoms with Crippen LogP contribution in [0.1, 0.15) is 18.4 Å². The van der Waals surface area contributed by atoms with Gasteiger partial charge in [0.2, 0.25) is 0 Å². The molecule has 0 radical (unpaired) electrons. The minimum atomic E-state index is -2.40. The molecule has 0 bridgehead atoms. The van der Waals surface area contributed by atoms with E-state index in [2.05, 4.69) is 0 Å². The molecule has 1 saturated carbocycles. The fourth-order valence-corrected chi connectivity index (χ4v) is 2.78. The van der Waals surface area contributed by atoms with Gasteiger partial charge < -0.3 is 19.6 Å². The molecular formula is C17H22N2O5S. The zero-order valence-electron chi connectivity index (χ0n) is 14.2. The molecule has 136 valence electrons. The lowest BCUT2D eigenvalue weighted by molar-refractivity contribution is 0.300. The van der Waals surface area contributed by atoms with Crippen LogP contribution in [0.5, 0.6) is 11.5 Å². The Balaban J connectivity index is 0.00000225. The normalized spacial score (nSPS) is 14.5. The van der Waals surface area contributed by atoms with Crippen LogP contribution in [0.2, 0.25) is 0 Å². The molecule has 1 aromatic carbocycles. The van der Waals surface area contributed by atoms with Crippen molar-refractivity contribution in [2.24, 2.45) is 13.0 Å². The lowest BCUT2D eigenvalue weighted by atomic mass is 10.0. The summed E-state index contributed by atoms with van der Waals surface area (Å²) in [4.78, 5) is 11.9. The number of hydrogen-bond donors (Lipinski definition) is 2. The van der Waals surface area contributed by atoms with E-state index in [1.54, 1.807) is 44.4 Å². The van der Waals surface area contributed by atoms with Crippen molar-refractivity contribution in [2.75, 3.05) is 6.61 Å². The van der Waals surface area contributed by atoms with Crippen LogP contribution in [0, 0.1) is 12.8 Å². The van der Waals surface area contributed by atoms with Crippen molar-refractivity contribution in [3.05, 3.63) is 46.4 Å². The first-order chi connectivity index (χ1) is 11.4. The third-order valence-electron chi connectivity index (χ3n) is 3.96. The molecule has 1 atom stereocenters. The molecule has 1 heterocycles. The van der Waals surface area contributed by atoms with E-state index >= 15 is 0 Å². The van der Waals surface area contributed by atoms with Crippen molar-refractivity contribution in [3.63, 3.8) is 0 Å². The Morgan fingerprint density at radius 1 is 1.32 bits per heavy atom. The monoisotopic (exact) mass is 366 g/mol. The highest BCUT2D eigenvalue weighted by Crippen LogP contribution is 2.36. The molecule has 0 saturated heterocycles. The van der Waals surface area contributed by atoms with E-state index in [0.717, 1.165) is 11.1 Å². The van der Waals surface area contributed by atoms with E-state index in [4.69, 9.17) is 13.5 Å². The smallest absolute Gasteiger partial charge is 0.357 e. The van der Waals surface area contributed by atoms with Crippen LogP contribution >= 0.6 is 0 Å². The van der Waals surface area contributed by atoms with Gasteiger partial charge in [-0.3, -0.25) is 9.35 Å². The third kappa shape index (κ3) is 4.68. The molecule has 7 nitrogen and oxygen atoms in total. The highest BCUT2D eigenvalue weighted by atomic mass is 32.2. The molecule has 2 aromatic rings. The Morgan fingerprint density at radius 3 is 2.64 bits per heavy atom. The van der Waals surface area contributed by atoms with Crippen molar-refractivity contribution < 1.29 is 17.7 Å². The van der Waals surface area contributed by atoms with Gasteiger partial charge in [0, 0.05) is 29.9 Å². The van der Waals surface area contributed by atoms with Gasteiger partial charge in [0.05, 0.1) is 6.61 Å². The Bertz CT molecular complexity index is 819. The highest BCUT2D eigenvalue weighted by Gasteiger charge is 2.23. The largest absolute Gasteiger partial charge is 0.493 e. The predicted molar refractivity (Wildman–Crippen MR) is 96.5 cm³/mol. The first kappa shape index (κ1) is 19.2. The average Bonchev–Trinajstić information content (AvgIpc) is 3.34. The second-order valence-electron chi connectivity index (χ2n) is 6.04. The van der Waals surface area contributed by atoms with Gasteiger partial charge in [0.1, 0.15) is 11.5 Å². The fourth-order valence-electron chi connectivity index (χ4n) is 2.51. The Morgan fingerprint density at radius 2 is 2.04 bits per heavy atom. The van der Waals surface area contributed by atoms with Crippen molar-refractivity contribution >= 4 is 11.4 Å². The molecule has 3 rings (SSSR count). The van der Waals surface area contributed by atoms with E-state index in [0.29, 0.717) is 23.8 Å². The van der Waals surface area contributed by atoms with E-state index in [1.165, 1.54) is 17.4 Å². The number of aromatic nitrogens is 1. The summed E-state index contributed by atoms with van der Waals surface area (Å²) in [7, 11) is 1.69. The number of benzene rings is 1. The van der Waals surface area contributed by atoms with E-state index in [-0.39, 0.29) is 17.5 Å². The van der Waals surface area contributed by atoms with Crippen LogP contribution in [-0.2, 0) is 18.4 Å². The number of nitrogens with zero attached hydrogens (tertiary/aromatic N) is 1. The summed E-state index contributed by atoms with van der Waals surface area (Å²) in [6.45, 7) is 2.39. The van der Waals surface area contributed by atoms with Gasteiger partial charge in [-0.15, -0.1) is 0 Å². The maximum Gasteiger partial charge on any atom is 0.357 e. The lowest BCUT2D eigenvalue weighted by Crippen LogP contribution is -2.18. The summed E-state index contributed by atoms with van der Waals surface area (Å²) in [5, 5.41) is 0. The van der Waals surface area contributed by atoms with Crippen molar-refractivity contribution in [3.8, 4) is 22.6 Å². The summed E-state index contributed by atoms with van der Waals surface area (Å²) in [5.41, 5.74) is 2.05. The summed E-state index contributed by atoms with van der Waals surface area (Å²) in [5.74, 6) is 1.52. The van der Waals surface area contributed by atoms with Crippen LogP contribution in [0.3, 0.4) is 0 Å². The molecule has 0 aliphatic heterocycles. The Labute approximate surface area is 148 Å². The Hall–Kier alpha value is -2.16. The number of ether oxygens (including phenoxy) is 1. The predicted octanol–water partition coefficient (Wildman–Crippen LogP) is 2.83. The van der Waals surface area contributed by atoms with E-state index in [1.807, 2.05) is 0 Å². The lowest BCUT2D eigenvalue weighted by Gasteiger charge is -2.14. The van der Waals surface area contributed by atoms with Gasteiger partial charge in [0.15, 0.2) is 0 Å². The molecule has 1 aliphatic carbocycles. The standard InChI is InChI=1S/C17H19NO5S.H3N/c1-11-7-13(9-18(2)17(11)19)15-8-14(23-24(20)21)5-6-16(15)22-10-12-3-4-12;/h5-9,12H,3-4,10H2,1-2H3,(H,20,21);1H3. The van der Waals surface area contributed by atoms with Gasteiger partial charge in [0.25, 0.3) is 5.56 Å². The van der Waals surface area contributed by atoms with Crippen LogP contribution in [-0.4, -0.2) is 19.9 Å². The average molecular weight is 366 g/mol. The van der Waals surface area contributed by atoms with Crippen molar-refractivity contribution in [1.82, 2.24) is 10.7 Å².